The van der Waals surface area contributed by atoms with Crippen molar-refractivity contribution < 1.29 is 9.18 Å². The van der Waals surface area contributed by atoms with E-state index in [-0.39, 0.29) is 0 Å². The van der Waals surface area contributed by atoms with Crippen LogP contribution in [0.3, 0.4) is 0 Å². The van der Waals surface area contributed by atoms with Gasteiger partial charge in [-0.1, -0.05) is 6.07 Å². The third kappa shape index (κ3) is 2.21. The highest BCUT2D eigenvalue weighted by molar-refractivity contribution is 5.88. The van der Waals surface area contributed by atoms with Crippen molar-refractivity contribution in [3.63, 3.8) is 0 Å². The van der Waals surface area contributed by atoms with Gasteiger partial charge in [0.15, 0.2) is 0 Å². The molecule has 0 spiro atoms. The lowest BCUT2D eigenvalue weighted by atomic mass is 10.3. The van der Waals surface area contributed by atoms with Crippen LogP contribution in [0.15, 0.2) is 24.3 Å². The maximum Gasteiger partial charge on any atom is 0.333 e. The first kappa shape index (κ1) is 8.48. The molecule has 0 saturated heterocycles. The summed E-state index contributed by atoms with van der Waals surface area (Å²) in [6.45, 7) is 0. The molecule has 1 aromatic carbocycles. The number of carbonyl (C=O) groups excluding carboxylic acids is 1. The number of nitrogens with two attached hydrogens (primary N) is 1. The second kappa shape index (κ2) is 3.68. The average Bonchev–Trinajstić information content (AvgIpc) is 2.04. The molecule has 0 fully saturated rings. The predicted octanol–water partition coefficient (Wildman–Crippen LogP) is 0.821. The molecule has 0 saturated carbocycles. The normalized spacial score (nSPS) is 9.17. The Morgan fingerprint density at radius 1 is 1.50 bits per heavy atom. The number of hydrogen-bond donors (Lipinski definition) is 3. The van der Waals surface area contributed by atoms with Crippen molar-refractivity contribution >= 4 is 11.7 Å². The van der Waals surface area contributed by atoms with E-state index in [9.17, 15) is 9.18 Å². The van der Waals surface area contributed by atoms with Gasteiger partial charge in [0, 0.05) is 5.69 Å². The van der Waals surface area contributed by atoms with Gasteiger partial charge < -0.3 is 5.32 Å². The molecule has 1 aromatic rings. The Kier molecular flexibility index (Phi) is 2.60. The van der Waals surface area contributed by atoms with Gasteiger partial charge in [0.05, 0.1) is 0 Å². The molecule has 0 heterocycles. The summed E-state index contributed by atoms with van der Waals surface area (Å²) in [5.41, 5.74) is 2.22. The number of hydrogen-bond acceptors (Lipinski definition) is 2. The van der Waals surface area contributed by atoms with E-state index in [4.69, 9.17) is 5.84 Å². The van der Waals surface area contributed by atoms with Crippen LogP contribution in [0.25, 0.3) is 0 Å². The zero-order valence-corrected chi connectivity index (χ0v) is 6.17. The lowest BCUT2D eigenvalue weighted by Gasteiger charge is -2.02. The largest absolute Gasteiger partial charge is 0.333 e. The SMILES string of the molecule is NNC(=O)Nc1cccc(F)c1. The molecule has 4 nitrogen and oxygen atoms in total. The predicted molar refractivity (Wildman–Crippen MR) is 42.7 cm³/mol. The molecule has 5 heteroatoms. The van der Waals surface area contributed by atoms with Gasteiger partial charge in [0.25, 0.3) is 0 Å². The summed E-state index contributed by atoms with van der Waals surface area (Å²) < 4.78 is 12.5. The first-order chi connectivity index (χ1) is 5.72. The summed E-state index contributed by atoms with van der Waals surface area (Å²) >= 11 is 0. The summed E-state index contributed by atoms with van der Waals surface area (Å²) in [5.74, 6) is 4.39. The Morgan fingerprint density at radius 2 is 2.25 bits per heavy atom. The third-order valence-electron chi connectivity index (χ3n) is 1.21. The monoisotopic (exact) mass is 169 g/mol. The van der Waals surface area contributed by atoms with Gasteiger partial charge in [-0.05, 0) is 18.2 Å². The molecule has 0 aromatic heterocycles. The zero-order valence-electron chi connectivity index (χ0n) is 6.17. The Morgan fingerprint density at radius 3 is 2.83 bits per heavy atom. The maximum absolute atomic E-state index is 12.5. The molecule has 4 N–H and O–H groups in total. The molecule has 0 bridgehead atoms. The number of carbonyl (C=O) groups is 1. The lowest BCUT2D eigenvalue weighted by Crippen LogP contribution is -2.34. The van der Waals surface area contributed by atoms with Crippen LogP contribution in [-0.4, -0.2) is 6.03 Å². The van der Waals surface area contributed by atoms with Crippen molar-refractivity contribution in [1.82, 2.24) is 5.43 Å². The first-order valence-corrected chi connectivity index (χ1v) is 3.25. The average molecular weight is 169 g/mol. The van der Waals surface area contributed by atoms with Crippen LogP contribution in [0.4, 0.5) is 14.9 Å². The highest BCUT2D eigenvalue weighted by atomic mass is 19.1. The molecular formula is C7H8FN3O. The Labute approximate surface area is 68.5 Å². The molecule has 0 atom stereocenters. The van der Waals surface area contributed by atoms with Crippen LogP contribution >= 0.6 is 0 Å². The van der Waals surface area contributed by atoms with Crippen molar-refractivity contribution in [1.29, 1.82) is 0 Å². The van der Waals surface area contributed by atoms with Crippen LogP contribution in [0.5, 0.6) is 0 Å². The standard InChI is InChI=1S/C7H8FN3O/c8-5-2-1-3-6(4-5)10-7(12)11-9/h1-4H,9H2,(H2,10,11,12). The van der Waals surface area contributed by atoms with E-state index in [2.05, 4.69) is 5.32 Å². The van der Waals surface area contributed by atoms with Crippen LogP contribution in [0.1, 0.15) is 0 Å². The highest BCUT2D eigenvalue weighted by Crippen LogP contribution is 2.08. The minimum absolute atomic E-state index is 0.359. The van der Waals surface area contributed by atoms with Crippen molar-refractivity contribution in [3.8, 4) is 0 Å². The summed E-state index contributed by atoms with van der Waals surface area (Å²) in [6, 6.07) is 4.93. The van der Waals surface area contributed by atoms with Crippen molar-refractivity contribution in [2.45, 2.75) is 0 Å². The third-order valence-corrected chi connectivity index (χ3v) is 1.21. The van der Waals surface area contributed by atoms with E-state index >= 15 is 0 Å². The Hall–Kier alpha value is -1.62. The first-order valence-electron chi connectivity index (χ1n) is 3.25. The number of amides is 2. The molecule has 0 aliphatic carbocycles. The van der Waals surface area contributed by atoms with Gasteiger partial charge in [-0.3, -0.25) is 5.43 Å². The van der Waals surface area contributed by atoms with E-state index < -0.39 is 11.8 Å². The fourth-order valence-electron chi connectivity index (χ4n) is 0.733. The minimum Gasteiger partial charge on any atom is -0.307 e. The molecule has 64 valence electrons. The molecule has 2 amide bonds. The van der Waals surface area contributed by atoms with Crippen LogP contribution in [-0.2, 0) is 0 Å². The smallest absolute Gasteiger partial charge is 0.307 e. The van der Waals surface area contributed by atoms with Crippen LogP contribution in [0, 0.1) is 5.82 Å². The van der Waals surface area contributed by atoms with Gasteiger partial charge >= 0.3 is 6.03 Å². The molecule has 0 aliphatic heterocycles. The van der Waals surface area contributed by atoms with E-state index in [0.29, 0.717) is 5.69 Å². The summed E-state index contributed by atoms with van der Waals surface area (Å²) in [7, 11) is 0. The van der Waals surface area contributed by atoms with E-state index in [1.807, 2.05) is 5.43 Å². The molecule has 12 heavy (non-hydrogen) atoms. The molecule has 1 rings (SSSR count). The fourth-order valence-corrected chi connectivity index (χ4v) is 0.733. The second-order valence-corrected chi connectivity index (χ2v) is 2.11. The van der Waals surface area contributed by atoms with Gasteiger partial charge in [-0.15, -0.1) is 0 Å². The molecule has 0 aliphatic rings. The van der Waals surface area contributed by atoms with Crippen molar-refractivity contribution in [2.24, 2.45) is 5.84 Å². The van der Waals surface area contributed by atoms with Gasteiger partial charge in [-0.25, -0.2) is 15.0 Å². The summed E-state index contributed by atoms with van der Waals surface area (Å²) in [5, 5.41) is 2.32. The topological polar surface area (TPSA) is 67.1 Å². The number of rotatable bonds is 1. The lowest BCUT2D eigenvalue weighted by molar-refractivity contribution is 0.252. The van der Waals surface area contributed by atoms with Crippen molar-refractivity contribution in [2.75, 3.05) is 5.32 Å². The van der Waals surface area contributed by atoms with Gasteiger partial charge in [0.1, 0.15) is 5.82 Å². The summed E-state index contributed by atoms with van der Waals surface area (Å²) in [4.78, 5) is 10.6. The van der Waals surface area contributed by atoms with E-state index in [1.165, 1.54) is 18.2 Å². The van der Waals surface area contributed by atoms with Crippen molar-refractivity contribution in [3.05, 3.63) is 30.1 Å². The van der Waals surface area contributed by atoms with Gasteiger partial charge in [0.2, 0.25) is 0 Å². The number of nitrogens with one attached hydrogen (secondary N) is 2. The molecule has 0 unspecified atom stereocenters. The van der Waals surface area contributed by atoms with Gasteiger partial charge in [-0.2, -0.15) is 0 Å². The highest BCUT2D eigenvalue weighted by Gasteiger charge is 1.98. The van der Waals surface area contributed by atoms with E-state index in [0.717, 1.165) is 0 Å². The van der Waals surface area contributed by atoms with Crippen LogP contribution in [0.2, 0.25) is 0 Å². The van der Waals surface area contributed by atoms with E-state index in [1.54, 1.807) is 6.07 Å². The second-order valence-electron chi connectivity index (χ2n) is 2.11. The fraction of sp³-hybridized carbons (Fsp3) is 0. The zero-order chi connectivity index (χ0) is 8.97. The van der Waals surface area contributed by atoms with Crippen LogP contribution < -0.4 is 16.6 Å². The summed E-state index contributed by atoms with van der Waals surface area (Å²) in [6.07, 6.45) is 0. The Bertz CT molecular complexity index is 290. The maximum atomic E-state index is 12.5. The number of benzene rings is 1. The number of halogens is 1. The molecule has 0 radical (unpaired) electrons. The Balaban J connectivity index is 2.69. The number of urea groups is 1. The minimum atomic E-state index is -0.583. The number of hydrazine groups is 1. The number of anilines is 1. The molecular weight excluding hydrogens is 161 g/mol. The quantitative estimate of drug-likeness (QED) is 0.331.